The molecule has 7 rings (SSSR count). The molecular weight excluding hydrogens is 839 g/mol. The predicted molar refractivity (Wildman–Crippen MR) is 220 cm³/mol. The van der Waals surface area contributed by atoms with Crippen LogP contribution >= 0.6 is 22.7 Å². The minimum atomic E-state index is -4.33. The summed E-state index contributed by atoms with van der Waals surface area (Å²) >= 11 is 1.97. The fraction of sp³-hybridized carbons (Fsp3) is 0.500. The Morgan fingerprint density at radius 1 is 0.783 bits per heavy atom. The van der Waals surface area contributed by atoms with Crippen molar-refractivity contribution < 1.29 is 46.1 Å². The van der Waals surface area contributed by atoms with Crippen molar-refractivity contribution in [3.8, 4) is 0 Å². The van der Waals surface area contributed by atoms with Crippen molar-refractivity contribution in [1.29, 1.82) is 0 Å². The number of nitrogens with two attached hydrogens (primary N) is 1. The van der Waals surface area contributed by atoms with Crippen LogP contribution in [0.1, 0.15) is 41.0 Å². The van der Waals surface area contributed by atoms with Crippen LogP contribution in [0.25, 0.3) is 20.4 Å². The maximum absolute atomic E-state index is 12.9. The summed E-state index contributed by atoms with van der Waals surface area (Å²) in [5.74, 6) is 1.51. The molecule has 60 heavy (non-hydrogen) atoms. The zero-order valence-electron chi connectivity index (χ0n) is 33.0. The number of carbonyl (C=O) groups excluding carboxylic acids is 1. The van der Waals surface area contributed by atoms with E-state index in [9.17, 15) is 41.4 Å². The van der Waals surface area contributed by atoms with Crippen molar-refractivity contribution in [1.82, 2.24) is 25.3 Å². The summed E-state index contributed by atoms with van der Waals surface area (Å²) in [5, 5.41) is 30.4. The van der Waals surface area contributed by atoms with Crippen molar-refractivity contribution in [3.05, 3.63) is 57.8 Å². The second-order valence-corrected chi connectivity index (χ2v) is 17.0. The summed E-state index contributed by atoms with van der Waals surface area (Å²) in [7, 11) is 6.77. The van der Waals surface area contributed by atoms with Gasteiger partial charge in [0.05, 0.1) is 47.9 Å². The van der Waals surface area contributed by atoms with Crippen LogP contribution in [0.15, 0.2) is 42.5 Å². The van der Waals surface area contributed by atoms with Crippen LogP contribution in [-0.2, 0) is 24.2 Å². The Kier molecular flexibility index (Phi) is 13.8. The van der Waals surface area contributed by atoms with Crippen molar-refractivity contribution in [2.24, 2.45) is 5.73 Å². The molecule has 14 nitrogen and oxygen atoms in total. The van der Waals surface area contributed by atoms with E-state index in [0.29, 0.717) is 63.7 Å². The molecule has 2 saturated carbocycles. The highest BCUT2D eigenvalue weighted by Gasteiger charge is 2.39. The minimum Gasteiger partial charge on any atom is -0.445 e. The second-order valence-electron chi connectivity index (χ2n) is 14.8. The van der Waals surface area contributed by atoms with Gasteiger partial charge in [0, 0.05) is 50.0 Å². The lowest BCUT2D eigenvalue weighted by atomic mass is 10.1. The minimum absolute atomic E-state index is 0.105. The number of aliphatic hydroxyl groups excluding tert-OH is 2. The van der Waals surface area contributed by atoms with E-state index in [4.69, 9.17) is 10.5 Å². The number of alkyl halides is 6. The Balaban J connectivity index is 0.000000213. The third kappa shape index (κ3) is 11.1. The van der Waals surface area contributed by atoms with Crippen molar-refractivity contribution in [3.63, 3.8) is 0 Å². The molecule has 0 aliphatic heterocycles. The van der Waals surface area contributed by atoms with Gasteiger partial charge < -0.3 is 46.4 Å². The molecule has 6 atom stereocenters. The van der Waals surface area contributed by atoms with E-state index in [1.165, 1.54) is 12.1 Å². The number of carbonyl (C=O) groups is 1. The SMILES string of the molecule is CNc1nc(N(C)[C@H]2C[C@@H](N)C[C@H]2O)c2cc(CC(F)(F)F)sc2n1.CNc1nc(N(C)[C@H]2C[C@@H](NC(=O)OCc3ccccc3)C[C@H]2O)c2cc(CC(F)(F)F)sc2n1. The number of fused-ring (bicyclic) bond motifs is 2. The summed E-state index contributed by atoms with van der Waals surface area (Å²) in [6, 6.07) is 11.1. The van der Waals surface area contributed by atoms with Gasteiger partial charge in [-0.25, -0.2) is 14.8 Å². The van der Waals surface area contributed by atoms with Crippen LogP contribution in [0.3, 0.4) is 0 Å². The molecule has 2 aliphatic carbocycles. The maximum Gasteiger partial charge on any atom is 0.407 e. The first-order valence-electron chi connectivity index (χ1n) is 18.9. The first-order chi connectivity index (χ1) is 28.3. The van der Waals surface area contributed by atoms with Crippen LogP contribution in [0, 0.1) is 0 Å². The fourth-order valence-electron chi connectivity index (χ4n) is 7.46. The van der Waals surface area contributed by atoms with Gasteiger partial charge in [-0.1, -0.05) is 30.3 Å². The average molecular weight is 885 g/mol. The van der Waals surface area contributed by atoms with Crippen LogP contribution in [0.2, 0.25) is 0 Å². The molecule has 2 aliphatic rings. The lowest BCUT2D eigenvalue weighted by molar-refractivity contribution is -0.127. The Bertz CT molecular complexity index is 2240. The van der Waals surface area contributed by atoms with Gasteiger partial charge in [-0.2, -0.15) is 36.3 Å². The number of nitrogens with one attached hydrogen (secondary N) is 3. The summed E-state index contributed by atoms with van der Waals surface area (Å²) in [4.78, 5) is 34.5. The number of hydrogen-bond acceptors (Lipinski definition) is 15. The number of nitrogens with zero attached hydrogens (tertiary/aromatic N) is 6. The Hall–Kier alpha value is -4.77. The molecule has 0 unspecified atom stereocenters. The van der Waals surface area contributed by atoms with Crippen LogP contribution < -0.4 is 31.5 Å². The van der Waals surface area contributed by atoms with Crippen LogP contribution in [0.4, 0.5) is 54.7 Å². The zero-order valence-corrected chi connectivity index (χ0v) is 34.6. The smallest absolute Gasteiger partial charge is 0.407 e. The number of aliphatic hydroxyl groups is 2. The Labute approximate surface area is 349 Å². The van der Waals surface area contributed by atoms with Gasteiger partial charge in [0.15, 0.2) is 0 Å². The molecule has 0 saturated heterocycles. The summed E-state index contributed by atoms with van der Waals surface area (Å²) in [6.07, 6.45) is -10.8. The molecule has 0 spiro atoms. The third-order valence-corrected chi connectivity index (χ3v) is 12.3. The Morgan fingerprint density at radius 3 is 1.72 bits per heavy atom. The number of alkyl carbamates (subject to hydrolysis) is 1. The lowest BCUT2D eigenvalue weighted by Gasteiger charge is -2.28. The van der Waals surface area contributed by atoms with Crippen LogP contribution in [0.5, 0.6) is 0 Å². The number of benzene rings is 1. The Morgan fingerprint density at radius 2 is 1.27 bits per heavy atom. The number of anilines is 4. The van der Waals surface area contributed by atoms with E-state index in [1.54, 1.807) is 38.0 Å². The van der Waals surface area contributed by atoms with Crippen molar-refractivity contribution in [2.75, 3.05) is 48.6 Å². The van der Waals surface area contributed by atoms with Gasteiger partial charge in [0.2, 0.25) is 11.9 Å². The van der Waals surface area contributed by atoms with E-state index in [2.05, 4.69) is 35.9 Å². The third-order valence-electron chi connectivity index (χ3n) is 10.3. The number of halogens is 6. The van der Waals surface area contributed by atoms with Gasteiger partial charge in [-0.15, -0.1) is 22.7 Å². The van der Waals surface area contributed by atoms with E-state index in [-0.39, 0.29) is 40.4 Å². The largest absolute Gasteiger partial charge is 0.445 e. The van der Waals surface area contributed by atoms with E-state index >= 15 is 0 Å². The van der Waals surface area contributed by atoms with E-state index < -0.39 is 49.5 Å². The highest BCUT2D eigenvalue weighted by Crippen LogP contribution is 2.39. The average Bonchev–Trinajstić information content (AvgIpc) is 3.95. The molecule has 7 N–H and O–H groups in total. The van der Waals surface area contributed by atoms with Gasteiger partial charge in [-0.05, 0) is 43.4 Å². The quantitative estimate of drug-likeness (QED) is 0.0823. The standard InChI is InChI=1S/C23H26F3N5O3S.C15H20F3N5OS/c1-27-21-29-19(16-10-15(11-23(24,25)26)35-20(16)30-21)31(2)17-8-14(9-18(17)32)28-22(33)34-12-13-6-4-3-5-7-13;1-20-14-21-12(23(2)10-3-7(19)4-11(10)24)9-5-8(6-15(16,17)18)25-13(9)22-14/h3-7,10,14,17-18,32H,8-9,11-12H2,1-2H3,(H,28,33)(H,27,29,30);5,7,10-11,24H,3-4,6,19H2,1-2H3,(H,20,21,22)/t14-,17+,18-;7-,10+,11-/m11/s1. The monoisotopic (exact) mass is 884 g/mol. The van der Waals surface area contributed by atoms with Crippen molar-refractivity contribution >= 4 is 72.7 Å². The van der Waals surface area contributed by atoms with Gasteiger partial charge in [0.1, 0.15) is 27.9 Å². The fourth-order valence-corrected chi connectivity index (χ4v) is 9.57. The molecule has 5 aromatic rings. The summed E-state index contributed by atoms with van der Waals surface area (Å²) in [5.41, 5.74) is 6.78. The summed E-state index contributed by atoms with van der Waals surface area (Å²) < 4.78 is 82.2. The molecule has 0 bridgehead atoms. The molecule has 4 heterocycles. The molecule has 4 aromatic heterocycles. The number of hydrogen-bond donors (Lipinski definition) is 6. The summed E-state index contributed by atoms with van der Waals surface area (Å²) in [6.45, 7) is 0.134. The van der Waals surface area contributed by atoms with Gasteiger partial charge >= 0.3 is 18.4 Å². The van der Waals surface area contributed by atoms with E-state index in [1.807, 2.05) is 30.3 Å². The second kappa shape index (κ2) is 18.5. The number of thiophene rings is 2. The maximum atomic E-state index is 12.9. The van der Waals surface area contributed by atoms with Crippen molar-refractivity contribution in [2.45, 2.75) is 93.9 Å². The first-order valence-corrected chi connectivity index (χ1v) is 20.6. The molecule has 1 amide bonds. The first kappa shape index (κ1) is 44.8. The molecule has 326 valence electrons. The molecular formula is C38H46F6N10O4S2. The number of aromatic nitrogens is 4. The highest BCUT2D eigenvalue weighted by atomic mass is 32.1. The van der Waals surface area contributed by atoms with Crippen LogP contribution in [-0.4, -0.2) is 113 Å². The molecule has 2 fully saturated rings. The van der Waals surface area contributed by atoms with E-state index in [0.717, 1.165) is 28.2 Å². The normalized spacial score (nSPS) is 21.8. The number of likely N-dealkylation sites (N-methyl/N-ethyl adjacent to an activating group) is 2. The van der Waals surface area contributed by atoms with Gasteiger partial charge in [0.25, 0.3) is 0 Å². The number of ether oxygens (including phenoxy) is 1. The zero-order chi connectivity index (χ0) is 43.5. The molecule has 22 heteroatoms. The number of rotatable bonds is 11. The topological polar surface area (TPSA) is 187 Å². The highest BCUT2D eigenvalue weighted by molar-refractivity contribution is 7.19. The molecule has 0 radical (unpaired) electrons. The number of amides is 1. The predicted octanol–water partition coefficient (Wildman–Crippen LogP) is 6.22. The molecule has 1 aromatic carbocycles. The van der Waals surface area contributed by atoms with Gasteiger partial charge in [-0.3, -0.25) is 0 Å². The lowest BCUT2D eigenvalue weighted by Crippen LogP contribution is -2.39.